The molecule has 0 aliphatic heterocycles. The predicted molar refractivity (Wildman–Crippen MR) is 98.3 cm³/mol. The average Bonchev–Trinajstić information content (AvgIpc) is 2.83. The largest absolute Gasteiger partial charge is 0.455 e. The van der Waals surface area contributed by atoms with E-state index in [4.69, 9.17) is 4.42 Å². The van der Waals surface area contributed by atoms with E-state index in [1.165, 1.54) is 0 Å². The summed E-state index contributed by atoms with van der Waals surface area (Å²) in [6, 6.07) is 9.52. The van der Waals surface area contributed by atoms with E-state index >= 15 is 0 Å². The summed E-state index contributed by atoms with van der Waals surface area (Å²) in [5, 5.41) is 0. The van der Waals surface area contributed by atoms with Gasteiger partial charge >= 0.3 is 0 Å². The third kappa shape index (κ3) is 3.13. The zero-order chi connectivity index (χ0) is 18.4. The van der Waals surface area contributed by atoms with Crippen molar-refractivity contribution in [2.45, 2.75) is 53.5 Å². The fraction of sp³-hybridized carbons (Fsp3) is 0.429. The zero-order valence-corrected chi connectivity index (χ0v) is 15.6. The summed E-state index contributed by atoms with van der Waals surface area (Å²) < 4.78 is 5.95. The summed E-state index contributed by atoms with van der Waals surface area (Å²) in [7, 11) is 0. The fourth-order valence-corrected chi connectivity index (χ4v) is 3.63. The maximum atomic E-state index is 13.2. The van der Waals surface area contributed by atoms with Crippen molar-refractivity contribution < 1.29 is 14.0 Å². The van der Waals surface area contributed by atoms with Gasteiger partial charge < -0.3 is 9.32 Å². The molecule has 0 saturated carbocycles. The van der Waals surface area contributed by atoms with E-state index in [9.17, 15) is 9.59 Å². The second-order valence-corrected chi connectivity index (χ2v) is 7.90. The number of amides is 1. The van der Waals surface area contributed by atoms with Crippen molar-refractivity contribution in [3.8, 4) is 0 Å². The van der Waals surface area contributed by atoms with E-state index in [0.717, 1.165) is 5.69 Å². The van der Waals surface area contributed by atoms with E-state index in [0.29, 0.717) is 29.7 Å². The third-order valence-corrected chi connectivity index (χ3v) is 4.74. The molecule has 0 unspecified atom stereocenters. The lowest BCUT2D eigenvalue weighted by Crippen LogP contribution is -2.37. The number of Topliss-reactive ketones (excluding diaryl/α,β-unsaturated/α-hetero) is 1. The number of hydrogen-bond acceptors (Lipinski definition) is 3. The molecule has 2 aromatic rings. The number of furan rings is 1. The van der Waals surface area contributed by atoms with Crippen LogP contribution in [0.25, 0.3) is 0 Å². The number of carbonyl (C=O) groups is 2. The van der Waals surface area contributed by atoms with Gasteiger partial charge in [-0.1, -0.05) is 32.0 Å². The van der Waals surface area contributed by atoms with E-state index in [1.807, 2.05) is 51.1 Å². The van der Waals surface area contributed by atoms with Gasteiger partial charge in [0.1, 0.15) is 5.76 Å². The number of rotatable bonds is 3. The van der Waals surface area contributed by atoms with Crippen molar-refractivity contribution in [3.05, 3.63) is 53.0 Å². The van der Waals surface area contributed by atoms with Crippen molar-refractivity contribution in [2.24, 2.45) is 5.41 Å². The second kappa shape index (κ2) is 6.17. The van der Waals surface area contributed by atoms with Gasteiger partial charge in [-0.05, 0) is 38.3 Å². The highest BCUT2D eigenvalue weighted by Crippen LogP contribution is 2.39. The van der Waals surface area contributed by atoms with Gasteiger partial charge in [0.25, 0.3) is 5.91 Å². The van der Waals surface area contributed by atoms with Gasteiger partial charge in [-0.2, -0.15) is 0 Å². The van der Waals surface area contributed by atoms with Gasteiger partial charge in [-0.25, -0.2) is 0 Å². The molecule has 0 saturated heterocycles. The first kappa shape index (κ1) is 17.5. The first-order valence-electron chi connectivity index (χ1n) is 8.75. The molecular formula is C21H25NO3. The summed E-state index contributed by atoms with van der Waals surface area (Å²) >= 11 is 0. The molecule has 0 N–H and O–H groups in total. The molecule has 0 bridgehead atoms. The normalized spacial score (nSPS) is 16.0. The summed E-state index contributed by atoms with van der Waals surface area (Å²) in [4.78, 5) is 27.5. The molecule has 4 nitrogen and oxygen atoms in total. The van der Waals surface area contributed by atoms with Gasteiger partial charge in [0, 0.05) is 30.1 Å². The minimum Gasteiger partial charge on any atom is -0.455 e. The predicted octanol–water partition coefficient (Wildman–Crippen LogP) is 4.80. The molecule has 1 amide bonds. The van der Waals surface area contributed by atoms with Crippen molar-refractivity contribution in [1.29, 1.82) is 0 Å². The molecule has 25 heavy (non-hydrogen) atoms. The molecule has 1 aliphatic carbocycles. The number of ketones is 1. The van der Waals surface area contributed by atoms with Crippen LogP contribution in [0.2, 0.25) is 0 Å². The maximum absolute atomic E-state index is 13.2. The molecule has 0 radical (unpaired) electrons. The molecule has 1 aromatic heterocycles. The van der Waals surface area contributed by atoms with Crippen LogP contribution in [-0.4, -0.2) is 17.7 Å². The Bertz CT molecular complexity index is 815. The summed E-state index contributed by atoms with van der Waals surface area (Å²) in [5.41, 5.74) is 1.97. The summed E-state index contributed by atoms with van der Waals surface area (Å²) in [5.74, 6) is 0.813. The lowest BCUT2D eigenvalue weighted by Gasteiger charge is -2.27. The van der Waals surface area contributed by atoms with Crippen LogP contribution in [0.4, 0.5) is 5.69 Å². The highest BCUT2D eigenvalue weighted by Gasteiger charge is 2.38. The number of carbonyl (C=O) groups excluding carboxylic acids is 2. The second-order valence-electron chi connectivity index (χ2n) is 7.90. The van der Waals surface area contributed by atoms with Gasteiger partial charge in [-0.15, -0.1) is 0 Å². The van der Waals surface area contributed by atoms with E-state index in [2.05, 4.69) is 13.8 Å². The van der Waals surface area contributed by atoms with Crippen LogP contribution in [0, 0.1) is 12.3 Å². The number of anilines is 1. The molecule has 0 fully saturated rings. The minimum atomic E-state index is -0.196. The lowest BCUT2D eigenvalue weighted by molar-refractivity contribution is 0.0895. The lowest BCUT2D eigenvalue weighted by atomic mass is 9.76. The van der Waals surface area contributed by atoms with Crippen LogP contribution in [0.3, 0.4) is 0 Å². The van der Waals surface area contributed by atoms with Gasteiger partial charge in [0.2, 0.25) is 0 Å². The highest BCUT2D eigenvalue weighted by molar-refractivity contribution is 6.09. The Morgan fingerprint density at radius 1 is 1.16 bits per heavy atom. The Balaban J connectivity index is 2.05. The molecule has 0 atom stereocenters. The SMILES string of the molecule is Cc1c(C(=O)N(c2ccccc2)C(C)C)oc2c1C(=O)CC(C)(C)C2. The van der Waals surface area contributed by atoms with Crippen molar-refractivity contribution >= 4 is 17.4 Å². The van der Waals surface area contributed by atoms with E-state index < -0.39 is 0 Å². The maximum Gasteiger partial charge on any atom is 0.294 e. The Labute approximate surface area is 148 Å². The Kier molecular flexibility index (Phi) is 4.31. The monoisotopic (exact) mass is 339 g/mol. The van der Waals surface area contributed by atoms with Gasteiger partial charge in [-0.3, -0.25) is 9.59 Å². The van der Waals surface area contributed by atoms with Crippen LogP contribution in [0.15, 0.2) is 34.7 Å². The van der Waals surface area contributed by atoms with Crippen molar-refractivity contribution in [2.75, 3.05) is 4.90 Å². The van der Waals surface area contributed by atoms with Gasteiger partial charge in [0.05, 0.1) is 5.56 Å². The Hall–Kier alpha value is -2.36. The number of nitrogens with zero attached hydrogens (tertiary/aromatic N) is 1. The molecular weight excluding hydrogens is 314 g/mol. The summed E-state index contributed by atoms with van der Waals surface area (Å²) in [6.07, 6.45) is 1.16. The number of fused-ring (bicyclic) bond motifs is 1. The summed E-state index contributed by atoms with van der Waals surface area (Å²) in [6.45, 7) is 9.86. The van der Waals surface area contributed by atoms with Crippen molar-refractivity contribution in [1.82, 2.24) is 0 Å². The topological polar surface area (TPSA) is 50.5 Å². The van der Waals surface area contributed by atoms with Crippen LogP contribution in [0.5, 0.6) is 0 Å². The third-order valence-electron chi connectivity index (χ3n) is 4.74. The van der Waals surface area contributed by atoms with Gasteiger partial charge in [0.15, 0.2) is 11.5 Å². The molecule has 1 aliphatic rings. The van der Waals surface area contributed by atoms with Crippen LogP contribution in [0.1, 0.15) is 66.4 Å². The van der Waals surface area contributed by atoms with Crippen molar-refractivity contribution in [3.63, 3.8) is 0 Å². The van der Waals surface area contributed by atoms with E-state index in [1.54, 1.807) is 4.90 Å². The molecule has 4 heteroatoms. The van der Waals surface area contributed by atoms with Crippen LogP contribution >= 0.6 is 0 Å². The number of hydrogen-bond donors (Lipinski definition) is 0. The van der Waals surface area contributed by atoms with Crippen LogP contribution in [-0.2, 0) is 6.42 Å². The smallest absolute Gasteiger partial charge is 0.294 e. The number of benzene rings is 1. The highest BCUT2D eigenvalue weighted by atomic mass is 16.4. The minimum absolute atomic E-state index is 0.0245. The standard InChI is InChI=1S/C21H25NO3/c1-13(2)22(15-9-7-6-8-10-15)20(24)19-14(3)18-16(23)11-21(4,5)12-17(18)25-19/h6-10,13H,11-12H2,1-5H3. The molecule has 132 valence electrons. The zero-order valence-electron chi connectivity index (χ0n) is 15.6. The Morgan fingerprint density at radius 2 is 1.80 bits per heavy atom. The van der Waals surface area contributed by atoms with Crippen LogP contribution < -0.4 is 4.90 Å². The first-order valence-corrected chi connectivity index (χ1v) is 8.75. The Morgan fingerprint density at radius 3 is 2.40 bits per heavy atom. The first-order chi connectivity index (χ1) is 11.7. The average molecular weight is 339 g/mol. The molecule has 1 heterocycles. The van der Waals surface area contributed by atoms with E-state index in [-0.39, 0.29) is 28.9 Å². The molecule has 0 spiro atoms. The molecule has 3 rings (SSSR count). The fourth-order valence-electron chi connectivity index (χ4n) is 3.63. The molecule has 1 aromatic carbocycles. The number of para-hydroxylation sites is 1. The quantitative estimate of drug-likeness (QED) is 0.807.